The normalized spacial score (nSPS) is 27.5. The van der Waals surface area contributed by atoms with Crippen LogP contribution in [0.3, 0.4) is 0 Å². The van der Waals surface area contributed by atoms with E-state index in [2.05, 4.69) is 5.32 Å². The minimum Gasteiger partial charge on any atom is -0.315 e. The standard InChI is InChI=1S/C10H20N2O2S/c1-2-7-12(9-5-6-11-8-9)15(13,14)10-3-4-10/h9-11H,2-8H2,1H3/t9-/m0/s1. The van der Waals surface area contributed by atoms with Gasteiger partial charge in [0.15, 0.2) is 0 Å². The summed E-state index contributed by atoms with van der Waals surface area (Å²) in [4.78, 5) is 0. The Kier molecular flexibility index (Phi) is 3.33. The van der Waals surface area contributed by atoms with Crippen molar-refractivity contribution >= 4 is 10.0 Å². The molecule has 1 aliphatic heterocycles. The summed E-state index contributed by atoms with van der Waals surface area (Å²) in [6.45, 7) is 4.50. The molecule has 0 unspecified atom stereocenters. The van der Waals surface area contributed by atoms with E-state index in [0.29, 0.717) is 6.54 Å². The van der Waals surface area contributed by atoms with E-state index in [1.54, 1.807) is 4.31 Å². The Bertz CT molecular complexity index is 305. The van der Waals surface area contributed by atoms with Crippen molar-refractivity contribution in [1.29, 1.82) is 0 Å². The Morgan fingerprint density at radius 2 is 2.07 bits per heavy atom. The fourth-order valence-corrected chi connectivity index (χ4v) is 4.33. The van der Waals surface area contributed by atoms with Crippen LogP contribution in [-0.2, 0) is 10.0 Å². The van der Waals surface area contributed by atoms with Crippen molar-refractivity contribution in [3.63, 3.8) is 0 Å². The van der Waals surface area contributed by atoms with Crippen LogP contribution in [0.5, 0.6) is 0 Å². The van der Waals surface area contributed by atoms with E-state index in [-0.39, 0.29) is 11.3 Å². The third-order valence-electron chi connectivity index (χ3n) is 3.16. The largest absolute Gasteiger partial charge is 0.315 e. The highest BCUT2D eigenvalue weighted by atomic mass is 32.2. The molecule has 4 nitrogen and oxygen atoms in total. The fraction of sp³-hybridized carbons (Fsp3) is 1.00. The molecule has 0 bridgehead atoms. The van der Waals surface area contributed by atoms with Crippen LogP contribution in [0.25, 0.3) is 0 Å². The van der Waals surface area contributed by atoms with E-state index in [1.165, 1.54) is 0 Å². The van der Waals surface area contributed by atoms with Crippen molar-refractivity contribution in [2.75, 3.05) is 19.6 Å². The third kappa shape index (κ3) is 2.34. The molecule has 1 heterocycles. The van der Waals surface area contributed by atoms with Crippen molar-refractivity contribution in [3.8, 4) is 0 Å². The average molecular weight is 232 g/mol. The van der Waals surface area contributed by atoms with E-state index in [0.717, 1.165) is 38.8 Å². The number of rotatable bonds is 5. The Balaban J connectivity index is 2.10. The summed E-state index contributed by atoms with van der Waals surface area (Å²) >= 11 is 0. The number of sulfonamides is 1. The van der Waals surface area contributed by atoms with Crippen LogP contribution in [0, 0.1) is 0 Å². The lowest BCUT2D eigenvalue weighted by molar-refractivity contribution is 0.334. The molecule has 0 aromatic carbocycles. The van der Waals surface area contributed by atoms with Crippen molar-refractivity contribution in [2.45, 2.75) is 43.9 Å². The Morgan fingerprint density at radius 1 is 1.33 bits per heavy atom. The SMILES string of the molecule is CCCN([C@H]1CCNC1)S(=O)(=O)C1CC1. The van der Waals surface area contributed by atoms with Gasteiger partial charge in [-0.2, -0.15) is 4.31 Å². The molecule has 1 saturated carbocycles. The van der Waals surface area contributed by atoms with Crippen molar-refractivity contribution in [2.24, 2.45) is 0 Å². The van der Waals surface area contributed by atoms with Crippen LogP contribution in [0.15, 0.2) is 0 Å². The van der Waals surface area contributed by atoms with Gasteiger partial charge < -0.3 is 5.32 Å². The minimum atomic E-state index is -2.98. The van der Waals surface area contributed by atoms with Gasteiger partial charge in [0.25, 0.3) is 0 Å². The van der Waals surface area contributed by atoms with E-state index >= 15 is 0 Å². The second-order valence-corrected chi connectivity index (χ2v) is 6.67. The van der Waals surface area contributed by atoms with Gasteiger partial charge in [0.2, 0.25) is 10.0 Å². The lowest BCUT2D eigenvalue weighted by Gasteiger charge is -2.27. The zero-order valence-electron chi connectivity index (χ0n) is 9.28. The third-order valence-corrected chi connectivity index (χ3v) is 5.61. The van der Waals surface area contributed by atoms with E-state index < -0.39 is 10.0 Å². The lowest BCUT2D eigenvalue weighted by Crippen LogP contribution is -2.43. The van der Waals surface area contributed by atoms with E-state index in [9.17, 15) is 8.42 Å². The lowest BCUT2D eigenvalue weighted by atomic mass is 10.2. The van der Waals surface area contributed by atoms with Gasteiger partial charge in [-0.05, 0) is 32.2 Å². The summed E-state index contributed by atoms with van der Waals surface area (Å²) in [6, 6.07) is 0.204. The summed E-state index contributed by atoms with van der Waals surface area (Å²) in [5, 5.41) is 3.17. The van der Waals surface area contributed by atoms with Crippen LogP contribution in [0.1, 0.15) is 32.6 Å². The molecule has 0 aromatic heterocycles. The minimum absolute atomic E-state index is 0.0651. The van der Waals surface area contributed by atoms with Gasteiger partial charge in [-0.1, -0.05) is 6.92 Å². The molecule has 88 valence electrons. The van der Waals surface area contributed by atoms with Crippen LogP contribution in [0.2, 0.25) is 0 Å². The maximum Gasteiger partial charge on any atom is 0.217 e. The molecule has 1 saturated heterocycles. The summed E-state index contributed by atoms with van der Waals surface area (Å²) in [7, 11) is -2.98. The van der Waals surface area contributed by atoms with Crippen LogP contribution in [0.4, 0.5) is 0 Å². The van der Waals surface area contributed by atoms with Crippen molar-refractivity contribution in [3.05, 3.63) is 0 Å². The molecule has 2 aliphatic rings. The zero-order chi connectivity index (χ0) is 10.9. The smallest absolute Gasteiger partial charge is 0.217 e. The maximum atomic E-state index is 12.2. The first kappa shape index (κ1) is 11.4. The Hall–Kier alpha value is -0.130. The molecule has 0 aromatic rings. The van der Waals surface area contributed by atoms with E-state index in [1.807, 2.05) is 6.92 Å². The predicted octanol–water partition coefficient (Wildman–Crippen LogP) is 0.552. The van der Waals surface area contributed by atoms with Crippen molar-refractivity contribution < 1.29 is 8.42 Å². The summed E-state index contributed by atoms with van der Waals surface area (Å²) in [5.74, 6) is 0. The quantitative estimate of drug-likeness (QED) is 0.753. The molecular formula is C10H20N2O2S. The van der Waals surface area contributed by atoms with Gasteiger partial charge in [-0.25, -0.2) is 8.42 Å². The molecule has 1 aliphatic carbocycles. The first-order valence-electron chi connectivity index (χ1n) is 5.87. The monoisotopic (exact) mass is 232 g/mol. The Morgan fingerprint density at radius 3 is 2.53 bits per heavy atom. The molecule has 1 N–H and O–H groups in total. The molecule has 2 fully saturated rings. The van der Waals surface area contributed by atoms with Crippen LogP contribution >= 0.6 is 0 Å². The van der Waals surface area contributed by atoms with Gasteiger partial charge in [0, 0.05) is 19.1 Å². The van der Waals surface area contributed by atoms with E-state index in [4.69, 9.17) is 0 Å². The summed E-state index contributed by atoms with van der Waals surface area (Å²) in [6.07, 6.45) is 3.60. The number of hydrogen-bond acceptors (Lipinski definition) is 3. The first-order valence-corrected chi connectivity index (χ1v) is 7.38. The number of hydrogen-bond donors (Lipinski definition) is 1. The molecule has 1 atom stereocenters. The maximum absolute atomic E-state index is 12.2. The predicted molar refractivity (Wildman–Crippen MR) is 60.2 cm³/mol. The topological polar surface area (TPSA) is 49.4 Å². The molecule has 0 spiro atoms. The summed E-state index contributed by atoms with van der Waals surface area (Å²) in [5.41, 5.74) is 0. The highest BCUT2D eigenvalue weighted by Gasteiger charge is 2.42. The first-order chi connectivity index (χ1) is 7.16. The number of nitrogens with one attached hydrogen (secondary N) is 1. The molecule has 2 rings (SSSR count). The molecule has 15 heavy (non-hydrogen) atoms. The van der Waals surface area contributed by atoms with Gasteiger partial charge in [-0.3, -0.25) is 0 Å². The van der Waals surface area contributed by atoms with Gasteiger partial charge in [0.05, 0.1) is 5.25 Å². The molecule has 0 radical (unpaired) electrons. The zero-order valence-corrected chi connectivity index (χ0v) is 10.1. The van der Waals surface area contributed by atoms with Crippen LogP contribution < -0.4 is 5.32 Å². The molecule has 5 heteroatoms. The second kappa shape index (κ2) is 4.39. The summed E-state index contributed by atoms with van der Waals surface area (Å²) < 4.78 is 26.1. The Labute approximate surface area is 92.1 Å². The van der Waals surface area contributed by atoms with Gasteiger partial charge in [0.1, 0.15) is 0 Å². The fourth-order valence-electron chi connectivity index (χ4n) is 2.18. The molecule has 0 amide bonds. The molecular weight excluding hydrogens is 212 g/mol. The van der Waals surface area contributed by atoms with Gasteiger partial charge in [-0.15, -0.1) is 0 Å². The highest BCUT2D eigenvalue weighted by Crippen LogP contribution is 2.32. The average Bonchev–Trinajstić information content (AvgIpc) is 2.93. The van der Waals surface area contributed by atoms with Gasteiger partial charge >= 0.3 is 0 Å². The van der Waals surface area contributed by atoms with Crippen molar-refractivity contribution in [1.82, 2.24) is 9.62 Å². The van der Waals surface area contributed by atoms with Crippen LogP contribution in [-0.4, -0.2) is 43.6 Å². The highest BCUT2D eigenvalue weighted by molar-refractivity contribution is 7.90. The second-order valence-electron chi connectivity index (χ2n) is 4.50. The number of nitrogens with zero attached hydrogens (tertiary/aromatic N) is 1.